The first-order valence-electron chi connectivity index (χ1n) is 4.02. The van der Waals surface area contributed by atoms with E-state index in [1.54, 1.807) is 0 Å². The van der Waals surface area contributed by atoms with Crippen LogP contribution in [0.4, 0.5) is 0 Å². The van der Waals surface area contributed by atoms with Gasteiger partial charge in [-0.2, -0.15) is 0 Å². The van der Waals surface area contributed by atoms with Crippen molar-refractivity contribution in [2.75, 3.05) is 27.2 Å². The number of nitrogens with one attached hydrogen (secondary N) is 1. The molecule has 1 amide bonds. The number of carbonyl (C=O) groups excluding carboxylic acids is 2. The number of hydrogen-bond donors (Lipinski definition) is 1. The second-order valence-corrected chi connectivity index (χ2v) is 2.86. The molecule has 0 radical (unpaired) electrons. The highest BCUT2D eigenvalue weighted by molar-refractivity contribution is 5.77. The molecule has 12 heavy (non-hydrogen) atoms. The normalized spacial score (nSPS) is 9.92. The second-order valence-electron chi connectivity index (χ2n) is 2.86. The van der Waals surface area contributed by atoms with Crippen LogP contribution in [0, 0.1) is 0 Å². The van der Waals surface area contributed by atoms with Crippen LogP contribution in [0.3, 0.4) is 0 Å². The number of rotatable bonds is 6. The summed E-state index contributed by atoms with van der Waals surface area (Å²) in [5.41, 5.74) is 0. The van der Waals surface area contributed by atoms with E-state index in [4.69, 9.17) is 0 Å². The molecule has 0 aromatic carbocycles. The summed E-state index contributed by atoms with van der Waals surface area (Å²) < 4.78 is 0. The van der Waals surface area contributed by atoms with Crippen LogP contribution >= 0.6 is 0 Å². The van der Waals surface area contributed by atoms with Gasteiger partial charge in [0.1, 0.15) is 6.29 Å². The van der Waals surface area contributed by atoms with Gasteiger partial charge in [0.25, 0.3) is 0 Å². The molecular formula is C8H16N2O2. The first-order chi connectivity index (χ1) is 5.66. The van der Waals surface area contributed by atoms with Crippen molar-refractivity contribution in [1.29, 1.82) is 0 Å². The fraction of sp³-hybridized carbons (Fsp3) is 0.750. The smallest absolute Gasteiger partial charge is 0.220 e. The van der Waals surface area contributed by atoms with Gasteiger partial charge in [0.05, 0.1) is 0 Å². The molecule has 4 heteroatoms. The van der Waals surface area contributed by atoms with E-state index in [2.05, 4.69) is 5.32 Å². The topological polar surface area (TPSA) is 49.4 Å². The molecule has 0 saturated carbocycles. The van der Waals surface area contributed by atoms with Gasteiger partial charge in [-0.1, -0.05) is 0 Å². The minimum absolute atomic E-state index is 0.0519. The molecule has 0 saturated heterocycles. The van der Waals surface area contributed by atoms with Crippen LogP contribution < -0.4 is 5.32 Å². The van der Waals surface area contributed by atoms with E-state index >= 15 is 0 Å². The van der Waals surface area contributed by atoms with Crippen LogP contribution in [-0.2, 0) is 9.59 Å². The molecule has 0 bridgehead atoms. The van der Waals surface area contributed by atoms with E-state index in [0.717, 1.165) is 12.8 Å². The zero-order valence-corrected chi connectivity index (χ0v) is 7.67. The molecule has 70 valence electrons. The van der Waals surface area contributed by atoms with Crippen molar-refractivity contribution in [2.45, 2.75) is 12.8 Å². The van der Waals surface area contributed by atoms with Crippen LogP contribution in [0.5, 0.6) is 0 Å². The van der Waals surface area contributed by atoms with Crippen LogP contribution in [-0.4, -0.2) is 44.3 Å². The monoisotopic (exact) mass is 172 g/mol. The standard InChI is InChI=1S/C8H16N2O2/c1-10(2)6-5-9-8(12)4-3-7-11/h7H,3-6H2,1-2H3,(H,9,12). The van der Waals surface area contributed by atoms with Crippen LogP contribution in [0.2, 0.25) is 0 Å². The van der Waals surface area contributed by atoms with Gasteiger partial charge in [-0.25, -0.2) is 0 Å². The van der Waals surface area contributed by atoms with Crippen molar-refractivity contribution < 1.29 is 9.59 Å². The van der Waals surface area contributed by atoms with Crippen molar-refractivity contribution >= 4 is 12.2 Å². The van der Waals surface area contributed by atoms with Crippen molar-refractivity contribution in [1.82, 2.24) is 10.2 Å². The second kappa shape index (κ2) is 6.79. The predicted octanol–water partition coefficient (Wildman–Crippen LogP) is -0.357. The molecule has 0 aliphatic rings. The molecule has 0 fully saturated rings. The lowest BCUT2D eigenvalue weighted by Crippen LogP contribution is -2.31. The summed E-state index contributed by atoms with van der Waals surface area (Å²) >= 11 is 0. The zero-order valence-electron chi connectivity index (χ0n) is 7.67. The highest BCUT2D eigenvalue weighted by atomic mass is 16.1. The minimum Gasteiger partial charge on any atom is -0.355 e. The Balaban J connectivity index is 3.25. The summed E-state index contributed by atoms with van der Waals surface area (Å²) in [6.07, 6.45) is 1.37. The number of aldehydes is 1. The minimum atomic E-state index is -0.0519. The largest absolute Gasteiger partial charge is 0.355 e. The summed E-state index contributed by atoms with van der Waals surface area (Å²) in [6.45, 7) is 1.47. The SMILES string of the molecule is CN(C)CCNC(=O)CCC=O. The van der Waals surface area contributed by atoms with Gasteiger partial charge in [0, 0.05) is 25.9 Å². The van der Waals surface area contributed by atoms with Crippen LogP contribution in [0.15, 0.2) is 0 Å². The molecule has 0 unspecified atom stereocenters. The Labute approximate surface area is 72.9 Å². The Morgan fingerprint density at radius 3 is 2.67 bits per heavy atom. The lowest BCUT2D eigenvalue weighted by molar-refractivity contribution is -0.122. The maximum atomic E-state index is 10.9. The Morgan fingerprint density at radius 1 is 1.50 bits per heavy atom. The van der Waals surface area contributed by atoms with Crippen molar-refractivity contribution in [3.05, 3.63) is 0 Å². The number of carbonyl (C=O) groups is 2. The molecule has 0 spiro atoms. The summed E-state index contributed by atoms with van der Waals surface area (Å²) in [6, 6.07) is 0. The third-order valence-corrected chi connectivity index (χ3v) is 1.37. The van der Waals surface area contributed by atoms with Gasteiger partial charge in [0.15, 0.2) is 0 Å². The highest BCUT2D eigenvalue weighted by Crippen LogP contribution is 1.83. The maximum Gasteiger partial charge on any atom is 0.220 e. The van der Waals surface area contributed by atoms with Crippen LogP contribution in [0.25, 0.3) is 0 Å². The molecule has 0 aromatic heterocycles. The van der Waals surface area contributed by atoms with Gasteiger partial charge in [-0.05, 0) is 14.1 Å². The predicted molar refractivity (Wildman–Crippen MR) is 46.9 cm³/mol. The van der Waals surface area contributed by atoms with Crippen molar-refractivity contribution in [3.63, 3.8) is 0 Å². The Kier molecular flexibility index (Phi) is 6.28. The van der Waals surface area contributed by atoms with Crippen molar-refractivity contribution in [2.24, 2.45) is 0 Å². The van der Waals surface area contributed by atoms with E-state index in [9.17, 15) is 9.59 Å². The first kappa shape index (κ1) is 11.1. The maximum absolute atomic E-state index is 10.9. The lowest BCUT2D eigenvalue weighted by atomic mass is 10.3. The zero-order chi connectivity index (χ0) is 9.40. The van der Waals surface area contributed by atoms with E-state index in [1.807, 2.05) is 19.0 Å². The Morgan fingerprint density at radius 2 is 2.17 bits per heavy atom. The van der Waals surface area contributed by atoms with Gasteiger partial charge < -0.3 is 15.0 Å². The lowest BCUT2D eigenvalue weighted by Gasteiger charge is -2.09. The summed E-state index contributed by atoms with van der Waals surface area (Å²) in [7, 11) is 3.88. The Hall–Kier alpha value is -0.900. The van der Waals surface area contributed by atoms with Gasteiger partial charge in [0.2, 0.25) is 5.91 Å². The molecule has 0 aromatic rings. The van der Waals surface area contributed by atoms with Crippen molar-refractivity contribution in [3.8, 4) is 0 Å². The summed E-state index contributed by atoms with van der Waals surface area (Å²) in [5, 5.41) is 2.71. The van der Waals surface area contributed by atoms with E-state index in [1.165, 1.54) is 0 Å². The van der Waals surface area contributed by atoms with E-state index < -0.39 is 0 Å². The fourth-order valence-corrected chi connectivity index (χ4v) is 0.697. The number of amides is 1. The Bertz CT molecular complexity index is 146. The molecule has 0 aliphatic carbocycles. The highest BCUT2D eigenvalue weighted by Gasteiger charge is 1.98. The number of likely N-dealkylation sites (N-methyl/N-ethyl adjacent to an activating group) is 1. The van der Waals surface area contributed by atoms with Crippen LogP contribution in [0.1, 0.15) is 12.8 Å². The molecular weight excluding hydrogens is 156 g/mol. The number of hydrogen-bond acceptors (Lipinski definition) is 3. The van der Waals surface area contributed by atoms with Gasteiger partial charge >= 0.3 is 0 Å². The summed E-state index contributed by atoms with van der Waals surface area (Å²) in [4.78, 5) is 22.8. The third kappa shape index (κ3) is 7.21. The van der Waals surface area contributed by atoms with E-state index in [0.29, 0.717) is 19.4 Å². The first-order valence-corrected chi connectivity index (χ1v) is 4.02. The quantitative estimate of drug-likeness (QED) is 0.557. The molecule has 0 heterocycles. The van der Waals surface area contributed by atoms with E-state index in [-0.39, 0.29) is 5.91 Å². The molecule has 0 atom stereocenters. The third-order valence-electron chi connectivity index (χ3n) is 1.37. The molecule has 0 aliphatic heterocycles. The average molecular weight is 172 g/mol. The van der Waals surface area contributed by atoms with Gasteiger partial charge in [-0.3, -0.25) is 4.79 Å². The van der Waals surface area contributed by atoms with Gasteiger partial charge in [-0.15, -0.1) is 0 Å². The fourth-order valence-electron chi connectivity index (χ4n) is 0.697. The molecule has 0 rings (SSSR count). The number of nitrogens with zero attached hydrogens (tertiary/aromatic N) is 1. The molecule has 1 N–H and O–H groups in total. The average Bonchev–Trinajstić information content (AvgIpc) is 2.00. The summed E-state index contributed by atoms with van der Waals surface area (Å²) in [5.74, 6) is -0.0519. The molecule has 4 nitrogen and oxygen atoms in total.